The van der Waals surface area contributed by atoms with Crippen LogP contribution in [0.4, 0.5) is 5.82 Å². The van der Waals surface area contributed by atoms with Gasteiger partial charge in [-0.05, 0) is 6.42 Å². The largest absolute Gasteiger partial charge is 0.469 e. The maximum Gasteiger partial charge on any atom is 0.305 e. The zero-order chi connectivity index (χ0) is 12.7. The van der Waals surface area contributed by atoms with Gasteiger partial charge in [-0.15, -0.1) is 0 Å². The Balaban J connectivity index is 2.55. The topological polar surface area (TPSA) is 79.1 Å². The normalized spacial score (nSPS) is 9.47. The lowest BCUT2D eigenvalue weighted by Gasteiger charge is -2.18. The van der Waals surface area contributed by atoms with Crippen LogP contribution < -0.4 is 4.90 Å². The second kappa shape index (κ2) is 6.43. The fourth-order valence-electron chi connectivity index (χ4n) is 1.37. The van der Waals surface area contributed by atoms with Crippen molar-refractivity contribution in [1.29, 1.82) is 5.26 Å². The molecule has 1 aromatic rings. The molecule has 0 aromatic carbocycles. The summed E-state index contributed by atoms with van der Waals surface area (Å²) in [7, 11) is 3.19. The number of hydrogen-bond donors (Lipinski definition) is 0. The molecule has 0 aliphatic heterocycles. The van der Waals surface area contributed by atoms with Gasteiger partial charge in [-0.3, -0.25) is 4.79 Å². The van der Waals surface area contributed by atoms with Crippen molar-refractivity contribution >= 4 is 11.8 Å². The van der Waals surface area contributed by atoms with E-state index in [4.69, 9.17) is 5.26 Å². The third kappa shape index (κ3) is 3.72. The molecule has 0 atom stereocenters. The Hall–Kier alpha value is -2.16. The lowest BCUT2D eigenvalue weighted by atomic mass is 10.2. The van der Waals surface area contributed by atoms with Crippen LogP contribution in [0.15, 0.2) is 12.5 Å². The van der Waals surface area contributed by atoms with Crippen molar-refractivity contribution in [2.45, 2.75) is 12.8 Å². The second-order valence-electron chi connectivity index (χ2n) is 3.47. The first kappa shape index (κ1) is 12.9. The van der Waals surface area contributed by atoms with Crippen LogP contribution in [0.2, 0.25) is 0 Å². The van der Waals surface area contributed by atoms with Crippen LogP contribution in [-0.2, 0) is 9.53 Å². The fourth-order valence-corrected chi connectivity index (χ4v) is 1.37. The number of carbonyl (C=O) groups is 1. The average molecular weight is 234 g/mol. The molecule has 0 bridgehead atoms. The number of nitrogens with zero attached hydrogens (tertiary/aromatic N) is 4. The number of carbonyl (C=O) groups excluding carboxylic acids is 1. The zero-order valence-electron chi connectivity index (χ0n) is 9.88. The lowest BCUT2D eigenvalue weighted by molar-refractivity contribution is -0.140. The molecule has 0 radical (unpaired) electrons. The monoisotopic (exact) mass is 234 g/mol. The van der Waals surface area contributed by atoms with Crippen molar-refractivity contribution in [2.75, 3.05) is 25.6 Å². The summed E-state index contributed by atoms with van der Waals surface area (Å²) in [5, 5.41) is 8.89. The van der Waals surface area contributed by atoms with Gasteiger partial charge in [-0.25, -0.2) is 9.97 Å². The highest BCUT2D eigenvalue weighted by molar-refractivity contribution is 5.69. The molecule has 6 nitrogen and oxygen atoms in total. The molecule has 1 aromatic heterocycles. The number of methoxy groups -OCH3 is 1. The van der Waals surface area contributed by atoms with Crippen molar-refractivity contribution < 1.29 is 9.53 Å². The number of rotatable bonds is 5. The predicted octanol–water partition coefficient (Wildman–Crippen LogP) is 0.738. The van der Waals surface area contributed by atoms with Gasteiger partial charge in [-0.1, -0.05) is 0 Å². The molecule has 0 saturated carbocycles. The molecule has 1 heterocycles. The van der Waals surface area contributed by atoms with E-state index in [1.165, 1.54) is 19.6 Å². The van der Waals surface area contributed by atoms with Gasteiger partial charge in [0.05, 0.1) is 13.3 Å². The smallest absolute Gasteiger partial charge is 0.305 e. The van der Waals surface area contributed by atoms with Gasteiger partial charge >= 0.3 is 5.97 Å². The minimum atomic E-state index is -0.235. The summed E-state index contributed by atoms with van der Waals surface area (Å²) >= 11 is 0. The van der Waals surface area contributed by atoms with Gasteiger partial charge in [-0.2, -0.15) is 5.26 Å². The Morgan fingerprint density at radius 1 is 1.65 bits per heavy atom. The summed E-state index contributed by atoms with van der Waals surface area (Å²) in [5.41, 5.74) is 0.424. The molecule has 0 aliphatic rings. The molecular formula is C11H14N4O2. The van der Waals surface area contributed by atoms with Crippen molar-refractivity contribution in [2.24, 2.45) is 0 Å². The number of anilines is 1. The molecule has 6 heteroatoms. The highest BCUT2D eigenvalue weighted by Crippen LogP contribution is 2.13. The van der Waals surface area contributed by atoms with E-state index in [0.717, 1.165) is 0 Å². The molecular weight excluding hydrogens is 220 g/mol. The summed E-state index contributed by atoms with van der Waals surface area (Å²) in [6.07, 6.45) is 3.87. The highest BCUT2D eigenvalue weighted by Gasteiger charge is 2.09. The minimum absolute atomic E-state index is 0.235. The Morgan fingerprint density at radius 2 is 2.41 bits per heavy atom. The molecule has 0 spiro atoms. The number of aromatic nitrogens is 2. The Morgan fingerprint density at radius 3 is 3.06 bits per heavy atom. The van der Waals surface area contributed by atoms with Gasteiger partial charge in [0, 0.05) is 20.0 Å². The third-order valence-electron chi connectivity index (χ3n) is 2.28. The predicted molar refractivity (Wildman–Crippen MR) is 61.3 cm³/mol. The van der Waals surface area contributed by atoms with Gasteiger partial charge < -0.3 is 9.64 Å². The summed E-state index contributed by atoms with van der Waals surface area (Å²) in [6.45, 7) is 0.626. The second-order valence-corrected chi connectivity index (χ2v) is 3.47. The zero-order valence-corrected chi connectivity index (χ0v) is 9.88. The molecule has 1 rings (SSSR count). The summed E-state index contributed by atoms with van der Waals surface area (Å²) in [6, 6.07) is 2.03. The Kier molecular flexibility index (Phi) is 4.88. The maximum absolute atomic E-state index is 10.9. The van der Waals surface area contributed by atoms with E-state index in [1.807, 2.05) is 18.0 Å². The quantitative estimate of drug-likeness (QED) is 0.699. The number of hydrogen-bond acceptors (Lipinski definition) is 6. The van der Waals surface area contributed by atoms with Crippen LogP contribution in [0, 0.1) is 11.3 Å². The van der Waals surface area contributed by atoms with Crippen LogP contribution in [0.3, 0.4) is 0 Å². The Labute approximate surface area is 99.9 Å². The summed E-state index contributed by atoms with van der Waals surface area (Å²) in [4.78, 5) is 20.6. The first-order chi connectivity index (χ1) is 8.19. The standard InChI is InChI=1S/C11H14N4O2/c1-15(5-3-4-10(16)17-2)11-9(6-12)7-13-8-14-11/h7-8H,3-5H2,1-2H3. The summed E-state index contributed by atoms with van der Waals surface area (Å²) in [5.74, 6) is 0.342. The molecule has 17 heavy (non-hydrogen) atoms. The van der Waals surface area contributed by atoms with Crippen molar-refractivity contribution in [3.05, 3.63) is 18.1 Å². The number of ether oxygens (including phenoxy) is 1. The first-order valence-corrected chi connectivity index (χ1v) is 5.17. The van der Waals surface area contributed by atoms with Gasteiger partial charge in [0.25, 0.3) is 0 Å². The van der Waals surface area contributed by atoms with E-state index in [-0.39, 0.29) is 5.97 Å². The van der Waals surface area contributed by atoms with Crippen LogP contribution >= 0.6 is 0 Å². The first-order valence-electron chi connectivity index (χ1n) is 5.17. The van der Waals surface area contributed by atoms with Gasteiger partial charge in [0.1, 0.15) is 23.8 Å². The molecule has 0 fully saturated rings. The molecule has 0 saturated heterocycles. The maximum atomic E-state index is 10.9. The fraction of sp³-hybridized carbons (Fsp3) is 0.455. The van der Waals surface area contributed by atoms with Crippen LogP contribution in [0.5, 0.6) is 0 Å². The van der Waals surface area contributed by atoms with Crippen molar-refractivity contribution in [3.8, 4) is 6.07 Å². The van der Waals surface area contributed by atoms with Crippen molar-refractivity contribution in [1.82, 2.24) is 9.97 Å². The number of esters is 1. The Bertz CT molecular complexity index is 428. The van der Waals surface area contributed by atoms with Crippen LogP contribution in [-0.4, -0.2) is 36.6 Å². The minimum Gasteiger partial charge on any atom is -0.469 e. The van der Waals surface area contributed by atoms with E-state index >= 15 is 0 Å². The molecule has 0 aliphatic carbocycles. The molecule has 0 unspecified atom stereocenters. The lowest BCUT2D eigenvalue weighted by Crippen LogP contribution is -2.21. The molecule has 0 amide bonds. The summed E-state index contributed by atoms with van der Waals surface area (Å²) < 4.78 is 4.55. The van der Waals surface area contributed by atoms with Gasteiger partial charge in [0.2, 0.25) is 0 Å². The van der Waals surface area contributed by atoms with Crippen molar-refractivity contribution in [3.63, 3.8) is 0 Å². The highest BCUT2D eigenvalue weighted by atomic mass is 16.5. The molecule has 0 N–H and O–H groups in total. The average Bonchev–Trinajstić information content (AvgIpc) is 2.38. The number of nitriles is 1. The van der Waals surface area contributed by atoms with E-state index in [9.17, 15) is 4.79 Å². The van der Waals surface area contributed by atoms with Crippen LogP contribution in [0.25, 0.3) is 0 Å². The van der Waals surface area contributed by atoms with Gasteiger partial charge in [0.15, 0.2) is 0 Å². The molecule has 90 valence electrons. The van der Waals surface area contributed by atoms with E-state index in [2.05, 4.69) is 14.7 Å². The van der Waals surface area contributed by atoms with E-state index in [1.54, 1.807) is 0 Å². The van der Waals surface area contributed by atoms with E-state index < -0.39 is 0 Å². The third-order valence-corrected chi connectivity index (χ3v) is 2.28. The van der Waals surface area contributed by atoms with E-state index in [0.29, 0.717) is 30.8 Å². The van der Waals surface area contributed by atoms with Crippen LogP contribution in [0.1, 0.15) is 18.4 Å². The SMILES string of the molecule is COC(=O)CCCN(C)c1ncncc1C#N.